The second kappa shape index (κ2) is 8.71. The molecule has 0 saturated carbocycles. The van der Waals surface area contributed by atoms with Gasteiger partial charge in [-0.3, -0.25) is 9.10 Å². The van der Waals surface area contributed by atoms with Crippen LogP contribution in [0.15, 0.2) is 54.6 Å². The maximum atomic E-state index is 12.3. The fraction of sp³-hybridized carbons (Fsp3) is 0.316. The SMILES string of the molecule is COc1ccc(N(CCCC(=O)N(C)c2ccccc2)S(C)(=O)=O)cc1. The van der Waals surface area contributed by atoms with E-state index in [0.29, 0.717) is 17.9 Å². The molecule has 0 aliphatic rings. The number of ether oxygens (including phenoxy) is 1. The zero-order valence-electron chi connectivity index (χ0n) is 15.3. The van der Waals surface area contributed by atoms with Crippen LogP contribution in [0.1, 0.15) is 12.8 Å². The van der Waals surface area contributed by atoms with Gasteiger partial charge in [0.15, 0.2) is 0 Å². The highest BCUT2D eigenvalue weighted by Gasteiger charge is 2.18. The Morgan fingerprint density at radius 3 is 2.15 bits per heavy atom. The van der Waals surface area contributed by atoms with Crippen LogP contribution in [0.25, 0.3) is 0 Å². The number of nitrogens with zero attached hydrogens (tertiary/aromatic N) is 2. The van der Waals surface area contributed by atoms with E-state index in [9.17, 15) is 13.2 Å². The quantitative estimate of drug-likeness (QED) is 0.710. The van der Waals surface area contributed by atoms with Crippen molar-refractivity contribution in [2.75, 3.05) is 36.2 Å². The number of carbonyl (C=O) groups is 1. The maximum Gasteiger partial charge on any atom is 0.232 e. The molecule has 0 heterocycles. The number of para-hydroxylation sites is 1. The zero-order chi connectivity index (χ0) is 19.2. The summed E-state index contributed by atoms with van der Waals surface area (Å²) in [4.78, 5) is 13.9. The molecule has 0 fully saturated rings. The van der Waals surface area contributed by atoms with Gasteiger partial charge in [-0.15, -0.1) is 0 Å². The fourth-order valence-corrected chi connectivity index (χ4v) is 3.54. The fourth-order valence-electron chi connectivity index (χ4n) is 2.57. The summed E-state index contributed by atoms with van der Waals surface area (Å²) in [6, 6.07) is 16.2. The molecule has 0 spiro atoms. The minimum absolute atomic E-state index is 0.0561. The summed E-state index contributed by atoms with van der Waals surface area (Å²) >= 11 is 0. The second-order valence-electron chi connectivity index (χ2n) is 5.93. The molecule has 0 N–H and O–H groups in total. The number of hydrogen-bond donors (Lipinski definition) is 0. The highest BCUT2D eigenvalue weighted by molar-refractivity contribution is 7.92. The third-order valence-corrected chi connectivity index (χ3v) is 5.22. The van der Waals surface area contributed by atoms with Gasteiger partial charge in [0.1, 0.15) is 5.75 Å². The highest BCUT2D eigenvalue weighted by Crippen LogP contribution is 2.22. The van der Waals surface area contributed by atoms with Crippen LogP contribution >= 0.6 is 0 Å². The largest absolute Gasteiger partial charge is 0.497 e. The van der Waals surface area contributed by atoms with Crippen molar-refractivity contribution in [1.82, 2.24) is 0 Å². The average Bonchev–Trinajstić information content (AvgIpc) is 2.64. The first kappa shape index (κ1) is 19.8. The van der Waals surface area contributed by atoms with Crippen LogP contribution in [0.3, 0.4) is 0 Å². The molecule has 6 nitrogen and oxygen atoms in total. The van der Waals surface area contributed by atoms with Crippen molar-refractivity contribution >= 4 is 27.3 Å². The van der Waals surface area contributed by atoms with Gasteiger partial charge < -0.3 is 9.64 Å². The first-order chi connectivity index (χ1) is 12.3. The van der Waals surface area contributed by atoms with E-state index in [0.717, 1.165) is 11.9 Å². The van der Waals surface area contributed by atoms with Crippen LogP contribution in [0.5, 0.6) is 5.75 Å². The molecule has 26 heavy (non-hydrogen) atoms. The molecule has 0 aromatic heterocycles. The minimum Gasteiger partial charge on any atom is -0.497 e. The molecule has 0 aliphatic heterocycles. The van der Waals surface area contributed by atoms with Gasteiger partial charge in [-0.05, 0) is 42.8 Å². The number of carbonyl (C=O) groups excluding carboxylic acids is 1. The Balaban J connectivity index is 2.00. The van der Waals surface area contributed by atoms with Gasteiger partial charge >= 0.3 is 0 Å². The van der Waals surface area contributed by atoms with Crippen molar-refractivity contribution in [2.24, 2.45) is 0 Å². The smallest absolute Gasteiger partial charge is 0.232 e. The molecule has 0 bridgehead atoms. The van der Waals surface area contributed by atoms with Crippen LogP contribution in [-0.4, -0.2) is 41.3 Å². The van der Waals surface area contributed by atoms with Gasteiger partial charge in [-0.2, -0.15) is 0 Å². The lowest BCUT2D eigenvalue weighted by Gasteiger charge is -2.23. The summed E-state index contributed by atoms with van der Waals surface area (Å²) in [5.41, 5.74) is 1.37. The minimum atomic E-state index is -3.44. The second-order valence-corrected chi connectivity index (χ2v) is 7.83. The van der Waals surface area contributed by atoms with Crippen molar-refractivity contribution in [2.45, 2.75) is 12.8 Å². The monoisotopic (exact) mass is 376 g/mol. The van der Waals surface area contributed by atoms with Crippen LogP contribution in [0.4, 0.5) is 11.4 Å². The number of rotatable bonds is 8. The number of anilines is 2. The Kier molecular flexibility index (Phi) is 6.63. The average molecular weight is 376 g/mol. The Labute approximate surface area is 155 Å². The lowest BCUT2D eigenvalue weighted by Crippen LogP contribution is -2.32. The predicted molar refractivity (Wildman–Crippen MR) is 104 cm³/mol. The topological polar surface area (TPSA) is 66.9 Å². The van der Waals surface area contributed by atoms with E-state index in [1.165, 1.54) is 4.31 Å². The molecule has 2 aromatic rings. The lowest BCUT2D eigenvalue weighted by molar-refractivity contribution is -0.118. The third kappa shape index (κ3) is 5.23. The normalized spacial score (nSPS) is 11.0. The Morgan fingerprint density at radius 1 is 1.00 bits per heavy atom. The van der Waals surface area contributed by atoms with Crippen LogP contribution in [0.2, 0.25) is 0 Å². The van der Waals surface area contributed by atoms with Gasteiger partial charge in [0.05, 0.1) is 19.1 Å². The lowest BCUT2D eigenvalue weighted by atomic mass is 10.2. The van der Waals surface area contributed by atoms with Gasteiger partial charge in [0.25, 0.3) is 0 Å². The number of sulfonamides is 1. The van der Waals surface area contributed by atoms with Gasteiger partial charge in [0, 0.05) is 25.7 Å². The highest BCUT2D eigenvalue weighted by atomic mass is 32.2. The molecular formula is C19H24N2O4S. The molecule has 0 aliphatic carbocycles. The zero-order valence-corrected chi connectivity index (χ0v) is 16.1. The first-order valence-corrected chi connectivity index (χ1v) is 10.1. The summed E-state index contributed by atoms with van der Waals surface area (Å²) in [7, 11) is -0.169. The van der Waals surface area contributed by atoms with E-state index in [1.807, 2.05) is 30.3 Å². The number of methoxy groups -OCH3 is 1. The van der Waals surface area contributed by atoms with Crippen LogP contribution in [0, 0.1) is 0 Å². The summed E-state index contributed by atoms with van der Waals surface area (Å²) in [6.07, 6.45) is 1.85. The van der Waals surface area contributed by atoms with Crippen molar-refractivity contribution < 1.29 is 17.9 Å². The molecular weight excluding hydrogens is 352 g/mol. The molecule has 140 valence electrons. The molecule has 7 heteroatoms. The Bertz CT molecular complexity index is 820. The standard InChI is InChI=1S/C19H24N2O4S/c1-20(16-8-5-4-6-9-16)19(22)10-7-15-21(26(3,23)24)17-11-13-18(25-2)14-12-17/h4-6,8-9,11-14H,7,10,15H2,1-3H3. The molecule has 2 aromatic carbocycles. The van der Waals surface area contributed by atoms with Gasteiger partial charge in [0.2, 0.25) is 15.9 Å². The molecule has 0 atom stereocenters. The summed E-state index contributed by atoms with van der Waals surface area (Å²) in [5, 5.41) is 0. The molecule has 0 unspecified atom stereocenters. The van der Waals surface area contributed by atoms with Crippen molar-refractivity contribution in [3.8, 4) is 5.75 Å². The van der Waals surface area contributed by atoms with Gasteiger partial charge in [-0.25, -0.2) is 8.42 Å². The van der Waals surface area contributed by atoms with Crippen LogP contribution in [-0.2, 0) is 14.8 Å². The van der Waals surface area contributed by atoms with E-state index in [-0.39, 0.29) is 18.9 Å². The Hall–Kier alpha value is -2.54. The Morgan fingerprint density at radius 2 is 1.62 bits per heavy atom. The number of benzene rings is 2. The maximum absolute atomic E-state index is 12.3. The summed E-state index contributed by atoms with van der Waals surface area (Å²) < 4.78 is 30.6. The third-order valence-electron chi connectivity index (χ3n) is 4.03. The van der Waals surface area contributed by atoms with E-state index >= 15 is 0 Å². The van der Waals surface area contributed by atoms with Crippen molar-refractivity contribution in [3.63, 3.8) is 0 Å². The first-order valence-electron chi connectivity index (χ1n) is 8.26. The summed E-state index contributed by atoms with van der Waals surface area (Å²) in [5.74, 6) is 0.598. The van der Waals surface area contributed by atoms with E-state index in [2.05, 4.69) is 0 Å². The molecule has 0 radical (unpaired) electrons. The number of hydrogen-bond acceptors (Lipinski definition) is 4. The van der Waals surface area contributed by atoms with E-state index < -0.39 is 10.0 Å². The molecule has 2 rings (SSSR count). The predicted octanol–water partition coefficient (Wildman–Crippen LogP) is 2.90. The molecule has 1 amide bonds. The number of amides is 1. The van der Waals surface area contributed by atoms with Gasteiger partial charge in [-0.1, -0.05) is 18.2 Å². The molecule has 0 saturated heterocycles. The summed E-state index contributed by atoms with van der Waals surface area (Å²) in [6.45, 7) is 0.236. The van der Waals surface area contributed by atoms with Crippen molar-refractivity contribution in [1.29, 1.82) is 0 Å². The van der Waals surface area contributed by atoms with E-state index in [1.54, 1.807) is 43.3 Å². The van der Waals surface area contributed by atoms with Crippen LogP contribution < -0.4 is 13.9 Å². The van der Waals surface area contributed by atoms with Crippen molar-refractivity contribution in [3.05, 3.63) is 54.6 Å². The van der Waals surface area contributed by atoms with E-state index in [4.69, 9.17) is 4.74 Å².